The Morgan fingerprint density at radius 1 is 0.891 bits per heavy atom. The van der Waals surface area contributed by atoms with E-state index in [0.29, 0.717) is 24.4 Å². The highest BCUT2D eigenvalue weighted by atomic mass is 79.9. The van der Waals surface area contributed by atoms with Gasteiger partial charge in [-0.1, -0.05) is 6.07 Å². The van der Waals surface area contributed by atoms with Gasteiger partial charge in [0, 0.05) is 16.2 Å². The Hall–Kier alpha value is -4.56. The molecular weight excluding hydrogens is 730 g/mol. The van der Waals surface area contributed by atoms with Gasteiger partial charge < -0.3 is 10.1 Å². The summed E-state index contributed by atoms with van der Waals surface area (Å²) in [5.41, 5.74) is -15.6. The molecule has 0 bridgehead atoms. The minimum atomic E-state index is -6.79. The number of nitrogens with zero attached hydrogens (tertiary/aromatic N) is 2. The summed E-state index contributed by atoms with van der Waals surface area (Å²) in [6, 6.07) is 2.46. The number of amides is 2. The molecule has 46 heavy (non-hydrogen) atoms. The molecule has 2 aromatic carbocycles. The number of benzene rings is 2. The van der Waals surface area contributed by atoms with E-state index in [1.807, 2.05) is 0 Å². The second-order valence-electron chi connectivity index (χ2n) is 8.64. The highest BCUT2D eigenvalue weighted by Crippen LogP contribution is 2.55. The van der Waals surface area contributed by atoms with E-state index in [1.54, 1.807) is 0 Å². The maximum Gasteiger partial charge on any atom is 0.533 e. The van der Waals surface area contributed by atoms with Crippen molar-refractivity contribution in [2.75, 3.05) is 17.5 Å². The molecule has 21 heteroatoms. The van der Waals surface area contributed by atoms with E-state index in [9.17, 15) is 62.7 Å². The summed E-state index contributed by atoms with van der Waals surface area (Å²) < 4.78 is 167. The molecule has 1 aromatic heterocycles. The number of hydrogen-bond acceptors (Lipinski definition) is 6. The zero-order valence-corrected chi connectivity index (χ0v) is 23.6. The predicted molar refractivity (Wildman–Crippen MR) is 133 cm³/mol. The quantitative estimate of drug-likeness (QED) is 0.123. The fourth-order valence-electron chi connectivity index (χ4n) is 3.61. The molecule has 0 saturated carbocycles. The summed E-state index contributed by atoms with van der Waals surface area (Å²) >= 11 is 2.29. The molecule has 0 spiro atoms. The van der Waals surface area contributed by atoms with Gasteiger partial charge in [-0.05, 0) is 52.3 Å². The first-order valence-corrected chi connectivity index (χ1v) is 12.4. The molecule has 0 aliphatic carbocycles. The maximum absolute atomic E-state index is 15.6. The summed E-state index contributed by atoms with van der Waals surface area (Å²) in [6.45, 7) is 0. The fourth-order valence-corrected chi connectivity index (χ4v) is 4.17. The summed E-state index contributed by atoms with van der Waals surface area (Å²) in [7, 11) is 0.766. The van der Waals surface area contributed by atoms with Crippen molar-refractivity contribution in [3.05, 3.63) is 87.2 Å². The van der Waals surface area contributed by atoms with Crippen molar-refractivity contribution >= 4 is 45.3 Å². The fraction of sp³-hybridized carbons (Fsp3) is 0.200. The van der Waals surface area contributed by atoms with Crippen LogP contribution < -0.4 is 10.4 Å². The van der Waals surface area contributed by atoms with Gasteiger partial charge in [-0.2, -0.15) is 43.9 Å². The van der Waals surface area contributed by atoms with Crippen molar-refractivity contribution < 1.29 is 76.6 Å². The van der Waals surface area contributed by atoms with Gasteiger partial charge in [0.25, 0.3) is 11.8 Å². The topological polar surface area (TPSA) is 97.8 Å². The number of anilines is 2. The smallest absolute Gasteiger partial charge is 0.436 e. The van der Waals surface area contributed by atoms with Crippen LogP contribution in [0.4, 0.5) is 68.9 Å². The van der Waals surface area contributed by atoms with E-state index in [0.717, 1.165) is 19.2 Å². The van der Waals surface area contributed by atoms with E-state index in [1.165, 1.54) is 5.32 Å². The zero-order chi connectivity index (χ0) is 35.0. The Bertz CT molecular complexity index is 1650. The van der Waals surface area contributed by atoms with Crippen LogP contribution in [-0.4, -0.2) is 42.4 Å². The Kier molecular flexibility index (Phi) is 9.90. The third-order valence-corrected chi connectivity index (χ3v) is 6.37. The SMILES string of the molecule is COC(=O)ON(C(=O)c1ccc(F)nc1)c1cccc(C(=O)Nc2c(Br)cc(C(F)(C(F)(F)F)C(F)(F)F)cc2C(F)(F)F)c1F. The first-order chi connectivity index (χ1) is 21.0. The largest absolute Gasteiger partial charge is 0.533 e. The molecule has 0 aliphatic rings. The zero-order valence-electron chi connectivity index (χ0n) is 22.0. The number of methoxy groups -OCH3 is 1. The van der Waals surface area contributed by atoms with E-state index in [-0.39, 0.29) is 11.1 Å². The number of hydrogen-bond donors (Lipinski definition) is 1. The molecule has 0 fully saturated rings. The van der Waals surface area contributed by atoms with Gasteiger partial charge in [0.05, 0.1) is 29.5 Å². The average Bonchev–Trinajstić information content (AvgIpc) is 2.94. The van der Waals surface area contributed by atoms with Gasteiger partial charge in [-0.25, -0.2) is 18.6 Å². The molecule has 2 amide bonds. The van der Waals surface area contributed by atoms with Crippen LogP contribution in [0.5, 0.6) is 0 Å². The lowest BCUT2D eigenvalue weighted by Crippen LogP contribution is -2.50. The Balaban J connectivity index is 2.14. The van der Waals surface area contributed by atoms with Crippen LogP contribution in [0.25, 0.3) is 0 Å². The van der Waals surface area contributed by atoms with E-state index in [2.05, 4.69) is 30.5 Å². The van der Waals surface area contributed by atoms with Crippen LogP contribution in [0.1, 0.15) is 31.8 Å². The Morgan fingerprint density at radius 3 is 2.00 bits per heavy atom. The highest BCUT2D eigenvalue weighted by molar-refractivity contribution is 9.10. The number of carbonyl (C=O) groups is 3. The molecule has 8 nitrogen and oxygen atoms in total. The molecule has 0 saturated heterocycles. The summed E-state index contributed by atoms with van der Waals surface area (Å²) in [5, 5.41) is 1.36. The standard InChI is InChI=1S/C25H12BrF12N3O5/c1-45-21(44)46-41(20(43)10-5-6-16(27)39-9-10)15-4-2-3-12(17(15)28)19(42)40-18-13(23(30,31)32)7-11(8-14(18)26)22(29,24(33,34)35)25(36,37)38/h2-9H,1H3,(H,40,42). The monoisotopic (exact) mass is 741 g/mol. The molecule has 3 rings (SSSR count). The van der Waals surface area contributed by atoms with E-state index < -0.39 is 98.1 Å². The van der Waals surface area contributed by atoms with Gasteiger partial charge in [0.1, 0.15) is 5.69 Å². The van der Waals surface area contributed by atoms with Crippen molar-refractivity contribution in [2.24, 2.45) is 0 Å². The Morgan fingerprint density at radius 2 is 1.50 bits per heavy atom. The molecule has 1 N–H and O–H groups in total. The van der Waals surface area contributed by atoms with E-state index in [4.69, 9.17) is 0 Å². The average molecular weight is 742 g/mol. The van der Waals surface area contributed by atoms with Crippen LogP contribution in [0.2, 0.25) is 0 Å². The molecule has 0 unspecified atom stereocenters. The lowest BCUT2D eigenvalue weighted by molar-refractivity contribution is -0.348. The van der Waals surface area contributed by atoms with Gasteiger partial charge in [-0.3, -0.25) is 14.4 Å². The molecule has 3 aromatic rings. The lowest BCUT2D eigenvalue weighted by atomic mass is 9.92. The van der Waals surface area contributed by atoms with Crippen molar-refractivity contribution in [3.8, 4) is 0 Å². The van der Waals surface area contributed by atoms with Crippen molar-refractivity contribution in [1.29, 1.82) is 0 Å². The number of pyridine rings is 1. The normalized spacial score (nSPS) is 12.4. The summed E-state index contributed by atoms with van der Waals surface area (Å²) in [5.74, 6) is -6.11. The van der Waals surface area contributed by atoms with Crippen LogP contribution in [-0.2, 0) is 21.4 Å². The van der Waals surface area contributed by atoms with Gasteiger partial charge >= 0.3 is 30.4 Å². The number of ether oxygens (including phenoxy) is 1. The number of aromatic nitrogens is 1. The minimum Gasteiger partial charge on any atom is -0.436 e. The summed E-state index contributed by atoms with van der Waals surface area (Å²) in [6.07, 6.45) is -20.4. The van der Waals surface area contributed by atoms with Crippen LogP contribution >= 0.6 is 15.9 Å². The third kappa shape index (κ3) is 6.97. The number of nitrogens with one attached hydrogen (secondary N) is 1. The van der Waals surface area contributed by atoms with Crippen LogP contribution in [0.3, 0.4) is 0 Å². The van der Waals surface area contributed by atoms with Crippen LogP contribution in [0, 0.1) is 11.8 Å². The molecule has 0 radical (unpaired) electrons. The van der Waals surface area contributed by atoms with Gasteiger partial charge in [0.15, 0.2) is 5.82 Å². The number of alkyl halides is 10. The first kappa shape index (κ1) is 35.9. The van der Waals surface area contributed by atoms with E-state index >= 15 is 4.39 Å². The minimum absolute atomic E-state index is 0.103. The van der Waals surface area contributed by atoms with Crippen molar-refractivity contribution in [1.82, 2.24) is 4.98 Å². The number of carbonyl (C=O) groups excluding carboxylic acids is 3. The van der Waals surface area contributed by atoms with Crippen LogP contribution in [0.15, 0.2) is 53.1 Å². The molecule has 0 aliphatic heterocycles. The Labute approximate surface area is 256 Å². The molecule has 0 atom stereocenters. The second-order valence-corrected chi connectivity index (χ2v) is 9.49. The second kappa shape index (κ2) is 12.7. The molecule has 248 valence electrons. The summed E-state index contributed by atoms with van der Waals surface area (Å²) in [4.78, 5) is 45.4. The van der Waals surface area contributed by atoms with Gasteiger partial charge in [0.2, 0.25) is 5.95 Å². The molecular formula is C25H12BrF12N3O5. The third-order valence-electron chi connectivity index (χ3n) is 5.75. The first-order valence-electron chi connectivity index (χ1n) is 11.6. The number of halogens is 13. The highest BCUT2D eigenvalue weighted by Gasteiger charge is 2.73. The van der Waals surface area contributed by atoms with Gasteiger partial charge in [-0.15, -0.1) is 5.06 Å². The number of rotatable bonds is 5. The molecule has 1 heterocycles. The lowest BCUT2D eigenvalue weighted by Gasteiger charge is -2.31. The maximum atomic E-state index is 15.6. The van der Waals surface area contributed by atoms with Crippen molar-refractivity contribution in [2.45, 2.75) is 24.2 Å². The number of hydroxylamine groups is 1. The van der Waals surface area contributed by atoms with Crippen molar-refractivity contribution in [3.63, 3.8) is 0 Å². The predicted octanol–water partition coefficient (Wildman–Crippen LogP) is 8.03.